The number of piperazine rings is 1. The summed E-state index contributed by atoms with van der Waals surface area (Å²) >= 11 is 0. The first kappa shape index (κ1) is 21.3. The zero-order valence-electron chi connectivity index (χ0n) is 17.0. The zero-order valence-corrected chi connectivity index (χ0v) is 17.9. The number of amides is 2. The molecule has 2 aliphatic rings. The summed E-state index contributed by atoms with van der Waals surface area (Å²) in [4.78, 5) is 28.7. The van der Waals surface area contributed by atoms with Gasteiger partial charge in [-0.15, -0.1) is 0 Å². The number of benzene rings is 2. The molecule has 0 saturated carbocycles. The summed E-state index contributed by atoms with van der Waals surface area (Å²) in [6.45, 7) is 2.20. The minimum absolute atomic E-state index is 0.0464. The molecule has 4 rings (SSSR count). The third-order valence-corrected chi connectivity index (χ3v) is 7.56. The Morgan fingerprint density at radius 1 is 0.839 bits per heavy atom. The van der Waals surface area contributed by atoms with Gasteiger partial charge in [-0.1, -0.05) is 12.1 Å². The van der Waals surface area contributed by atoms with Gasteiger partial charge in [0.25, 0.3) is 5.91 Å². The lowest BCUT2D eigenvalue weighted by Gasteiger charge is -2.35. The predicted molar refractivity (Wildman–Crippen MR) is 115 cm³/mol. The number of hydrogen-bond donors (Lipinski definition) is 0. The molecule has 0 unspecified atom stereocenters. The molecule has 7 nitrogen and oxygen atoms in total. The van der Waals surface area contributed by atoms with Gasteiger partial charge in [0, 0.05) is 38.3 Å². The van der Waals surface area contributed by atoms with Crippen LogP contribution in [-0.2, 0) is 21.2 Å². The molecule has 0 N–H and O–H groups in total. The number of anilines is 1. The normalized spacial score (nSPS) is 18.3. The van der Waals surface area contributed by atoms with Gasteiger partial charge in [-0.25, -0.2) is 12.8 Å². The molecule has 0 radical (unpaired) electrons. The van der Waals surface area contributed by atoms with Gasteiger partial charge >= 0.3 is 0 Å². The van der Waals surface area contributed by atoms with E-state index >= 15 is 0 Å². The Morgan fingerprint density at radius 3 is 2.03 bits per heavy atom. The highest BCUT2D eigenvalue weighted by atomic mass is 32.2. The van der Waals surface area contributed by atoms with Gasteiger partial charge in [0.05, 0.1) is 17.9 Å². The maximum Gasteiger partial charge on any atom is 0.253 e. The van der Waals surface area contributed by atoms with Crippen molar-refractivity contribution in [3.8, 4) is 0 Å². The second-order valence-electron chi connectivity index (χ2n) is 7.76. The summed E-state index contributed by atoms with van der Waals surface area (Å²) in [5, 5.41) is 0. The number of carbonyl (C=O) groups is 2. The number of carbonyl (C=O) groups excluding carboxylic acids is 2. The monoisotopic (exact) mass is 445 g/mol. The van der Waals surface area contributed by atoms with Crippen molar-refractivity contribution in [2.75, 3.05) is 42.8 Å². The van der Waals surface area contributed by atoms with Crippen LogP contribution in [0, 0.1) is 5.82 Å². The number of sulfonamides is 1. The first-order chi connectivity index (χ1) is 14.8. The molecule has 2 amide bonds. The summed E-state index contributed by atoms with van der Waals surface area (Å²) in [5.41, 5.74) is 1.82. The van der Waals surface area contributed by atoms with Crippen LogP contribution in [0.1, 0.15) is 22.3 Å². The first-order valence-corrected chi connectivity index (χ1v) is 11.9. The van der Waals surface area contributed by atoms with Crippen molar-refractivity contribution in [2.24, 2.45) is 0 Å². The lowest BCUT2D eigenvalue weighted by Crippen LogP contribution is -2.51. The molecular formula is C22H24FN3O4S. The lowest BCUT2D eigenvalue weighted by atomic mass is 10.1. The Kier molecular flexibility index (Phi) is 5.95. The maximum atomic E-state index is 13.0. The molecule has 31 heavy (non-hydrogen) atoms. The molecule has 2 aromatic carbocycles. The molecule has 164 valence electrons. The van der Waals surface area contributed by atoms with Gasteiger partial charge in [-0.2, -0.15) is 0 Å². The second-order valence-corrected chi connectivity index (χ2v) is 9.78. The molecule has 2 heterocycles. The van der Waals surface area contributed by atoms with Gasteiger partial charge in [-0.3, -0.25) is 13.9 Å². The van der Waals surface area contributed by atoms with Crippen LogP contribution in [-0.4, -0.2) is 68.5 Å². The largest absolute Gasteiger partial charge is 0.339 e. The second kappa shape index (κ2) is 8.66. The zero-order chi connectivity index (χ0) is 22.0. The highest BCUT2D eigenvalue weighted by Crippen LogP contribution is 2.24. The average molecular weight is 446 g/mol. The summed E-state index contributed by atoms with van der Waals surface area (Å²) in [5.74, 6) is -0.368. The van der Waals surface area contributed by atoms with Crippen LogP contribution < -0.4 is 4.31 Å². The van der Waals surface area contributed by atoms with Gasteiger partial charge in [0.2, 0.25) is 15.9 Å². The van der Waals surface area contributed by atoms with E-state index in [1.165, 1.54) is 16.4 Å². The highest BCUT2D eigenvalue weighted by molar-refractivity contribution is 7.93. The summed E-state index contributed by atoms with van der Waals surface area (Å²) in [7, 11) is -3.25. The van der Waals surface area contributed by atoms with Crippen LogP contribution >= 0.6 is 0 Å². The van der Waals surface area contributed by atoms with Crippen molar-refractivity contribution < 1.29 is 22.4 Å². The van der Waals surface area contributed by atoms with Gasteiger partial charge < -0.3 is 9.80 Å². The van der Waals surface area contributed by atoms with E-state index in [-0.39, 0.29) is 29.8 Å². The van der Waals surface area contributed by atoms with Crippen molar-refractivity contribution in [3.63, 3.8) is 0 Å². The van der Waals surface area contributed by atoms with Crippen molar-refractivity contribution in [3.05, 3.63) is 65.5 Å². The van der Waals surface area contributed by atoms with Crippen molar-refractivity contribution >= 4 is 27.5 Å². The van der Waals surface area contributed by atoms with Crippen LogP contribution in [0.5, 0.6) is 0 Å². The molecular weight excluding hydrogens is 421 g/mol. The maximum absolute atomic E-state index is 13.0. The third kappa shape index (κ3) is 4.71. The number of rotatable bonds is 4. The van der Waals surface area contributed by atoms with Crippen LogP contribution in [0.4, 0.5) is 10.1 Å². The molecule has 2 fully saturated rings. The fourth-order valence-electron chi connectivity index (χ4n) is 3.93. The Balaban J connectivity index is 1.32. The topological polar surface area (TPSA) is 78.0 Å². The van der Waals surface area contributed by atoms with E-state index in [0.717, 1.165) is 5.56 Å². The highest BCUT2D eigenvalue weighted by Gasteiger charge is 2.29. The van der Waals surface area contributed by atoms with E-state index in [1.807, 2.05) is 0 Å². The molecule has 0 atom stereocenters. The Labute approximate surface area is 181 Å². The molecule has 2 saturated heterocycles. The van der Waals surface area contributed by atoms with Gasteiger partial charge in [0.15, 0.2) is 0 Å². The number of halogens is 1. The number of hydrogen-bond acceptors (Lipinski definition) is 4. The lowest BCUT2D eigenvalue weighted by molar-refractivity contribution is -0.131. The van der Waals surface area contributed by atoms with E-state index in [2.05, 4.69) is 0 Å². The van der Waals surface area contributed by atoms with Crippen molar-refractivity contribution in [2.45, 2.75) is 12.8 Å². The SMILES string of the molecule is O=C(Cc1ccc(F)cc1)N1CCN(C(=O)c2ccc(N3CCCS3(=O)=O)cc2)CC1. The Bertz CT molecular complexity index is 1060. The minimum Gasteiger partial charge on any atom is -0.339 e. The predicted octanol–water partition coefficient (Wildman–Crippen LogP) is 1.89. The molecule has 9 heteroatoms. The molecule has 0 bridgehead atoms. The third-order valence-electron chi connectivity index (χ3n) is 5.69. The first-order valence-electron chi connectivity index (χ1n) is 10.3. The average Bonchev–Trinajstić information content (AvgIpc) is 3.14. The van der Waals surface area contributed by atoms with Crippen molar-refractivity contribution in [1.29, 1.82) is 0 Å². The van der Waals surface area contributed by atoms with Crippen LogP contribution in [0.3, 0.4) is 0 Å². The van der Waals surface area contributed by atoms with E-state index in [4.69, 9.17) is 0 Å². The molecule has 0 spiro atoms. The molecule has 2 aromatic rings. The summed E-state index contributed by atoms with van der Waals surface area (Å²) in [6, 6.07) is 12.5. The van der Waals surface area contributed by atoms with E-state index in [1.54, 1.807) is 46.2 Å². The quantitative estimate of drug-likeness (QED) is 0.720. The number of nitrogens with zero attached hydrogens (tertiary/aromatic N) is 3. The van der Waals surface area contributed by atoms with Gasteiger partial charge in [0.1, 0.15) is 5.82 Å². The van der Waals surface area contributed by atoms with Crippen molar-refractivity contribution in [1.82, 2.24) is 9.80 Å². The summed E-state index contributed by atoms with van der Waals surface area (Å²) < 4.78 is 38.5. The van der Waals surface area contributed by atoms with Gasteiger partial charge in [-0.05, 0) is 48.4 Å². The fraction of sp³-hybridized carbons (Fsp3) is 0.364. The molecule has 0 aromatic heterocycles. The smallest absolute Gasteiger partial charge is 0.253 e. The van der Waals surface area contributed by atoms with E-state index < -0.39 is 10.0 Å². The summed E-state index contributed by atoms with van der Waals surface area (Å²) in [6.07, 6.45) is 0.808. The van der Waals surface area contributed by atoms with E-state index in [0.29, 0.717) is 50.4 Å². The van der Waals surface area contributed by atoms with E-state index in [9.17, 15) is 22.4 Å². The van der Waals surface area contributed by atoms with Crippen LogP contribution in [0.25, 0.3) is 0 Å². The van der Waals surface area contributed by atoms with Crippen LogP contribution in [0.2, 0.25) is 0 Å². The molecule has 2 aliphatic heterocycles. The Morgan fingerprint density at radius 2 is 1.45 bits per heavy atom. The fourth-order valence-corrected chi connectivity index (χ4v) is 5.49. The Hall–Kier alpha value is -2.94. The molecule has 0 aliphatic carbocycles. The minimum atomic E-state index is -3.25. The van der Waals surface area contributed by atoms with Crippen LogP contribution in [0.15, 0.2) is 48.5 Å². The standard InChI is InChI=1S/C22H24FN3O4S/c23-19-6-2-17(3-7-19)16-21(27)24-11-13-25(14-12-24)22(28)18-4-8-20(9-5-18)26-10-1-15-31(26,29)30/h2-9H,1,10-16H2.